The highest BCUT2D eigenvalue weighted by Crippen LogP contribution is 2.27. The van der Waals surface area contributed by atoms with Gasteiger partial charge in [-0.15, -0.1) is 5.10 Å². The number of hydrogen-bond acceptors (Lipinski definition) is 3. The molecule has 0 saturated carbocycles. The van der Waals surface area contributed by atoms with Gasteiger partial charge in [-0.2, -0.15) is 0 Å². The molecule has 0 radical (unpaired) electrons. The lowest BCUT2D eigenvalue weighted by molar-refractivity contribution is 0.510. The first kappa shape index (κ1) is 15.2. The van der Waals surface area contributed by atoms with Crippen molar-refractivity contribution in [1.82, 2.24) is 20.3 Å². The summed E-state index contributed by atoms with van der Waals surface area (Å²) in [5.74, 6) is 0. The minimum absolute atomic E-state index is 0.124. The van der Waals surface area contributed by atoms with E-state index >= 15 is 0 Å². The molecule has 4 nitrogen and oxygen atoms in total. The number of aromatic nitrogens is 3. The van der Waals surface area contributed by atoms with Crippen LogP contribution in [0.5, 0.6) is 0 Å². The van der Waals surface area contributed by atoms with E-state index in [9.17, 15) is 0 Å². The molecule has 5 heteroatoms. The van der Waals surface area contributed by atoms with Crippen LogP contribution in [0, 0.1) is 6.92 Å². The molecule has 0 aliphatic heterocycles. The molecule has 20 heavy (non-hydrogen) atoms. The quantitative estimate of drug-likeness (QED) is 0.878. The van der Waals surface area contributed by atoms with Crippen LogP contribution in [0.25, 0.3) is 0 Å². The van der Waals surface area contributed by atoms with Gasteiger partial charge in [0.05, 0.1) is 17.9 Å². The van der Waals surface area contributed by atoms with Crippen LogP contribution in [-0.2, 0) is 6.54 Å². The van der Waals surface area contributed by atoms with Crippen molar-refractivity contribution < 1.29 is 0 Å². The zero-order chi connectivity index (χ0) is 14.5. The van der Waals surface area contributed by atoms with E-state index in [-0.39, 0.29) is 6.04 Å². The largest absolute Gasteiger partial charge is 0.305 e. The van der Waals surface area contributed by atoms with Gasteiger partial charge in [-0.05, 0) is 43.1 Å². The summed E-state index contributed by atoms with van der Waals surface area (Å²) in [7, 11) is 0. The fourth-order valence-corrected chi connectivity index (χ4v) is 2.75. The predicted molar refractivity (Wildman–Crippen MR) is 84.7 cm³/mol. The highest BCUT2D eigenvalue weighted by atomic mass is 79.9. The predicted octanol–water partition coefficient (Wildman–Crippen LogP) is 3.46. The van der Waals surface area contributed by atoms with Gasteiger partial charge in [-0.25, -0.2) is 4.68 Å². The normalized spacial score (nSPS) is 12.6. The van der Waals surface area contributed by atoms with Crippen molar-refractivity contribution in [1.29, 1.82) is 0 Å². The zero-order valence-electron chi connectivity index (χ0n) is 12.2. The van der Waals surface area contributed by atoms with Crippen molar-refractivity contribution in [3.8, 4) is 0 Å². The Labute approximate surface area is 128 Å². The summed E-state index contributed by atoms with van der Waals surface area (Å²) in [4.78, 5) is 0. The maximum atomic E-state index is 4.20. The number of nitrogens with zero attached hydrogens (tertiary/aromatic N) is 3. The van der Waals surface area contributed by atoms with Crippen LogP contribution >= 0.6 is 15.9 Å². The Kier molecular flexibility index (Phi) is 5.31. The Morgan fingerprint density at radius 3 is 2.85 bits per heavy atom. The third-order valence-corrected chi connectivity index (χ3v) is 3.83. The van der Waals surface area contributed by atoms with E-state index in [1.165, 1.54) is 11.1 Å². The van der Waals surface area contributed by atoms with E-state index in [4.69, 9.17) is 0 Å². The Balaban J connectivity index is 2.44. The van der Waals surface area contributed by atoms with Gasteiger partial charge in [0.2, 0.25) is 0 Å². The fourth-order valence-electron chi connectivity index (χ4n) is 2.38. The lowest BCUT2D eigenvalue weighted by atomic mass is 9.99. The third-order valence-electron chi connectivity index (χ3n) is 3.34. The minimum atomic E-state index is 0.124. The average Bonchev–Trinajstić information content (AvgIpc) is 2.88. The highest BCUT2D eigenvalue weighted by Gasteiger charge is 2.20. The summed E-state index contributed by atoms with van der Waals surface area (Å²) in [6, 6.07) is 6.51. The monoisotopic (exact) mass is 336 g/mol. The molecule has 0 fully saturated rings. The van der Waals surface area contributed by atoms with Crippen molar-refractivity contribution in [3.05, 3.63) is 45.7 Å². The molecule has 0 aliphatic rings. The number of rotatable bonds is 6. The third kappa shape index (κ3) is 3.27. The van der Waals surface area contributed by atoms with Crippen molar-refractivity contribution in [2.75, 3.05) is 6.54 Å². The minimum Gasteiger partial charge on any atom is -0.305 e. The maximum Gasteiger partial charge on any atom is 0.0802 e. The van der Waals surface area contributed by atoms with Crippen LogP contribution in [0.4, 0.5) is 0 Å². The van der Waals surface area contributed by atoms with Crippen LogP contribution in [0.1, 0.15) is 43.1 Å². The molecule has 2 aromatic rings. The lowest BCUT2D eigenvalue weighted by Gasteiger charge is -2.21. The molecule has 108 valence electrons. The molecule has 2 rings (SSSR count). The Morgan fingerprint density at radius 1 is 1.35 bits per heavy atom. The number of aryl methyl sites for hydroxylation is 2. The van der Waals surface area contributed by atoms with Crippen LogP contribution < -0.4 is 5.32 Å². The van der Waals surface area contributed by atoms with Crippen LogP contribution in [0.15, 0.2) is 28.9 Å². The second-order valence-electron chi connectivity index (χ2n) is 4.87. The second kappa shape index (κ2) is 6.99. The molecule has 0 saturated heterocycles. The van der Waals surface area contributed by atoms with Gasteiger partial charge in [0, 0.05) is 11.0 Å². The molecule has 1 N–H and O–H groups in total. The summed E-state index contributed by atoms with van der Waals surface area (Å²) >= 11 is 3.56. The van der Waals surface area contributed by atoms with Crippen molar-refractivity contribution in [2.45, 2.75) is 39.8 Å². The average molecular weight is 337 g/mol. The first-order chi connectivity index (χ1) is 9.67. The van der Waals surface area contributed by atoms with Gasteiger partial charge >= 0.3 is 0 Å². The fraction of sp³-hybridized carbons (Fsp3) is 0.467. The molecule has 0 aliphatic carbocycles. The topological polar surface area (TPSA) is 42.7 Å². The van der Waals surface area contributed by atoms with E-state index in [1.54, 1.807) is 0 Å². The van der Waals surface area contributed by atoms with E-state index in [0.29, 0.717) is 0 Å². The molecular weight excluding hydrogens is 316 g/mol. The van der Waals surface area contributed by atoms with Gasteiger partial charge in [-0.1, -0.05) is 41.1 Å². The summed E-state index contributed by atoms with van der Waals surface area (Å²) < 4.78 is 3.09. The number of halogens is 1. The van der Waals surface area contributed by atoms with Gasteiger partial charge in [-0.3, -0.25) is 0 Å². The molecule has 1 aromatic heterocycles. The maximum absolute atomic E-state index is 4.20. The van der Waals surface area contributed by atoms with Gasteiger partial charge in [0.1, 0.15) is 0 Å². The van der Waals surface area contributed by atoms with Crippen molar-refractivity contribution in [3.63, 3.8) is 0 Å². The molecule has 1 unspecified atom stereocenters. The Morgan fingerprint density at radius 2 is 2.15 bits per heavy atom. The molecular formula is C15H21BrN4. The number of nitrogens with one attached hydrogen (secondary N) is 1. The molecule has 1 heterocycles. The van der Waals surface area contributed by atoms with E-state index in [0.717, 1.165) is 29.7 Å². The van der Waals surface area contributed by atoms with Crippen LogP contribution in [0.2, 0.25) is 0 Å². The SMILES string of the molecule is CCCn1nncc1C(NCC)c1cc(Br)ccc1C. The van der Waals surface area contributed by atoms with Gasteiger partial charge < -0.3 is 5.32 Å². The van der Waals surface area contributed by atoms with E-state index in [1.807, 2.05) is 10.9 Å². The second-order valence-corrected chi connectivity index (χ2v) is 5.79. The zero-order valence-corrected chi connectivity index (χ0v) is 13.8. The Hall–Kier alpha value is -1.20. The molecule has 0 bridgehead atoms. The number of hydrogen-bond donors (Lipinski definition) is 1. The first-order valence-electron chi connectivity index (χ1n) is 7.05. The summed E-state index contributed by atoms with van der Waals surface area (Å²) in [6.07, 6.45) is 2.91. The van der Waals surface area contributed by atoms with E-state index in [2.05, 4.69) is 70.5 Å². The Bertz CT molecular complexity index is 565. The van der Waals surface area contributed by atoms with Crippen LogP contribution in [0.3, 0.4) is 0 Å². The summed E-state index contributed by atoms with van der Waals surface area (Å²) in [5, 5.41) is 11.8. The first-order valence-corrected chi connectivity index (χ1v) is 7.84. The van der Waals surface area contributed by atoms with Crippen molar-refractivity contribution >= 4 is 15.9 Å². The smallest absolute Gasteiger partial charge is 0.0802 e. The van der Waals surface area contributed by atoms with E-state index < -0.39 is 0 Å². The van der Waals surface area contributed by atoms with Crippen LogP contribution in [-0.4, -0.2) is 21.5 Å². The van der Waals surface area contributed by atoms with Gasteiger partial charge in [0.15, 0.2) is 0 Å². The molecule has 0 amide bonds. The lowest BCUT2D eigenvalue weighted by Crippen LogP contribution is -2.25. The molecule has 0 spiro atoms. The summed E-state index contributed by atoms with van der Waals surface area (Å²) in [5.41, 5.74) is 3.65. The molecule has 1 atom stereocenters. The highest BCUT2D eigenvalue weighted by molar-refractivity contribution is 9.10. The number of benzene rings is 1. The summed E-state index contributed by atoms with van der Waals surface area (Å²) in [6.45, 7) is 8.20. The van der Waals surface area contributed by atoms with Crippen molar-refractivity contribution in [2.24, 2.45) is 0 Å². The van der Waals surface area contributed by atoms with Gasteiger partial charge in [0.25, 0.3) is 0 Å². The standard InChI is InChI=1S/C15H21BrN4/c1-4-8-20-14(10-18-19-20)15(17-5-2)13-9-12(16)7-6-11(13)3/h6-7,9-10,15,17H,4-5,8H2,1-3H3. The molecule has 1 aromatic carbocycles.